The van der Waals surface area contributed by atoms with Crippen LogP contribution in [0.4, 0.5) is 0 Å². The lowest BCUT2D eigenvalue weighted by atomic mass is 10.1. The van der Waals surface area contributed by atoms with Crippen molar-refractivity contribution in [3.63, 3.8) is 0 Å². The van der Waals surface area contributed by atoms with Crippen molar-refractivity contribution in [2.24, 2.45) is 10.9 Å². The van der Waals surface area contributed by atoms with Gasteiger partial charge in [0.15, 0.2) is 5.17 Å². The highest BCUT2D eigenvalue weighted by Gasteiger charge is 2.20. The molecule has 0 saturated carbocycles. The van der Waals surface area contributed by atoms with Crippen molar-refractivity contribution in [1.82, 2.24) is 5.32 Å². The summed E-state index contributed by atoms with van der Waals surface area (Å²) in [7, 11) is 0. The van der Waals surface area contributed by atoms with Gasteiger partial charge in [-0.2, -0.15) is 0 Å². The van der Waals surface area contributed by atoms with Crippen LogP contribution in [0.15, 0.2) is 20.9 Å². The molecule has 1 unspecified atom stereocenters. The number of hydrogen-bond acceptors (Lipinski definition) is 4. The number of thioether (sulfide) groups is 1. The van der Waals surface area contributed by atoms with Crippen LogP contribution >= 0.6 is 39.0 Å². The van der Waals surface area contributed by atoms with Gasteiger partial charge in [-0.15, -0.1) is 11.3 Å². The van der Waals surface area contributed by atoms with Crippen LogP contribution in [0.5, 0.6) is 0 Å². The second kappa shape index (κ2) is 6.25. The summed E-state index contributed by atoms with van der Waals surface area (Å²) in [6.45, 7) is 6.40. The first kappa shape index (κ1) is 13.4. The van der Waals surface area contributed by atoms with E-state index in [2.05, 4.69) is 51.5 Å². The lowest BCUT2D eigenvalue weighted by molar-refractivity contribution is 0.575. The first-order valence-corrected chi connectivity index (χ1v) is 8.36. The summed E-state index contributed by atoms with van der Waals surface area (Å²) < 4.78 is 1.16. The highest BCUT2D eigenvalue weighted by molar-refractivity contribution is 9.10. The smallest absolute Gasteiger partial charge is 0.157 e. The zero-order valence-corrected chi connectivity index (χ0v) is 13.3. The molecule has 0 radical (unpaired) electrons. The van der Waals surface area contributed by atoms with E-state index in [1.165, 1.54) is 11.3 Å². The van der Waals surface area contributed by atoms with Crippen molar-refractivity contribution in [2.75, 3.05) is 6.54 Å². The first-order chi connectivity index (χ1) is 8.13. The number of rotatable bonds is 4. The summed E-state index contributed by atoms with van der Waals surface area (Å²) in [6.07, 6.45) is 1.25. The summed E-state index contributed by atoms with van der Waals surface area (Å²) in [5, 5.41) is 7.32. The lowest BCUT2D eigenvalue weighted by Gasteiger charge is -2.10. The molecule has 1 aromatic rings. The largest absolute Gasteiger partial charge is 0.360 e. The number of aliphatic imine (C=N–C) groups is 1. The molecule has 94 valence electrons. The van der Waals surface area contributed by atoms with Crippen LogP contribution in [0.2, 0.25) is 0 Å². The summed E-state index contributed by atoms with van der Waals surface area (Å²) in [5.74, 6) is 0.760. The van der Waals surface area contributed by atoms with Gasteiger partial charge in [0.05, 0.1) is 13.1 Å². The van der Waals surface area contributed by atoms with E-state index in [0.29, 0.717) is 5.25 Å². The average molecular weight is 333 g/mol. The fourth-order valence-corrected chi connectivity index (χ4v) is 4.41. The molecule has 1 N–H and O–H groups in total. The molecule has 0 aliphatic carbocycles. The molecule has 0 spiro atoms. The molecule has 1 aromatic heterocycles. The molecule has 1 aliphatic rings. The molecule has 1 atom stereocenters. The van der Waals surface area contributed by atoms with E-state index >= 15 is 0 Å². The van der Waals surface area contributed by atoms with Crippen LogP contribution in [0.25, 0.3) is 0 Å². The third-order valence-corrected chi connectivity index (χ3v) is 5.36. The average Bonchev–Trinajstić information content (AvgIpc) is 2.84. The summed E-state index contributed by atoms with van der Waals surface area (Å²) >= 11 is 7.14. The molecular weight excluding hydrogens is 316 g/mol. The predicted octanol–water partition coefficient (Wildman–Crippen LogP) is 4.12. The van der Waals surface area contributed by atoms with E-state index in [0.717, 1.165) is 28.6 Å². The Balaban J connectivity index is 1.74. The maximum atomic E-state index is 4.55. The Labute approximate surface area is 119 Å². The Morgan fingerprint density at radius 2 is 2.41 bits per heavy atom. The van der Waals surface area contributed by atoms with Crippen LogP contribution in [0.1, 0.15) is 25.1 Å². The number of amidine groups is 1. The van der Waals surface area contributed by atoms with Crippen molar-refractivity contribution >= 4 is 44.2 Å². The van der Waals surface area contributed by atoms with Gasteiger partial charge in [-0.1, -0.05) is 25.6 Å². The fraction of sp³-hybridized carbons (Fsp3) is 0.583. The molecule has 17 heavy (non-hydrogen) atoms. The van der Waals surface area contributed by atoms with E-state index in [1.807, 2.05) is 11.8 Å². The van der Waals surface area contributed by atoms with Gasteiger partial charge in [0.2, 0.25) is 0 Å². The zero-order chi connectivity index (χ0) is 12.3. The number of thiophene rings is 1. The Morgan fingerprint density at radius 1 is 1.59 bits per heavy atom. The van der Waals surface area contributed by atoms with Crippen LogP contribution in [0.3, 0.4) is 0 Å². The molecule has 0 bridgehead atoms. The van der Waals surface area contributed by atoms with Gasteiger partial charge in [0.25, 0.3) is 0 Å². The monoisotopic (exact) mass is 332 g/mol. The quantitative estimate of drug-likeness (QED) is 0.896. The maximum Gasteiger partial charge on any atom is 0.157 e. The van der Waals surface area contributed by atoms with E-state index in [4.69, 9.17) is 0 Å². The van der Waals surface area contributed by atoms with E-state index in [1.54, 1.807) is 11.3 Å². The molecule has 2 heterocycles. The third kappa shape index (κ3) is 4.30. The number of hydrogen-bond donors (Lipinski definition) is 1. The highest BCUT2D eigenvalue weighted by Crippen LogP contribution is 2.26. The maximum absolute atomic E-state index is 4.55. The normalized spacial score (nSPS) is 19.8. The molecule has 5 heteroatoms. The van der Waals surface area contributed by atoms with E-state index in [-0.39, 0.29) is 0 Å². The second-order valence-electron chi connectivity index (χ2n) is 4.60. The molecular formula is C12H17BrN2S2. The number of halogens is 1. The fourth-order valence-electron chi connectivity index (χ4n) is 1.77. The van der Waals surface area contributed by atoms with Crippen molar-refractivity contribution in [3.8, 4) is 0 Å². The number of nitrogens with one attached hydrogen (secondary N) is 1. The Bertz CT molecular complexity index is 401. The van der Waals surface area contributed by atoms with Crippen molar-refractivity contribution in [3.05, 3.63) is 20.8 Å². The second-order valence-corrected chi connectivity index (χ2v) is 7.80. The van der Waals surface area contributed by atoms with Crippen LogP contribution in [0, 0.1) is 5.92 Å². The number of nitrogens with zero attached hydrogens (tertiary/aromatic N) is 1. The Kier molecular flexibility index (Phi) is 4.94. The van der Waals surface area contributed by atoms with Crippen molar-refractivity contribution in [1.29, 1.82) is 0 Å². The minimum absolute atomic E-state index is 0.674. The van der Waals surface area contributed by atoms with Crippen molar-refractivity contribution < 1.29 is 0 Å². The first-order valence-electron chi connectivity index (χ1n) is 5.81. The van der Waals surface area contributed by atoms with Gasteiger partial charge in [-0.25, -0.2) is 0 Å². The summed E-state index contributed by atoms with van der Waals surface area (Å²) in [5.41, 5.74) is 0. The highest BCUT2D eigenvalue weighted by atomic mass is 79.9. The topological polar surface area (TPSA) is 24.4 Å². The van der Waals surface area contributed by atoms with Crippen LogP contribution in [-0.2, 0) is 6.54 Å². The minimum Gasteiger partial charge on any atom is -0.360 e. The Hall–Kier alpha value is -0.000000000000000111. The zero-order valence-electron chi connectivity index (χ0n) is 10.1. The molecule has 0 saturated heterocycles. The molecule has 0 amide bonds. The molecule has 0 aromatic carbocycles. The SMILES string of the molecule is CC(C)CC1CN=C(NCc2cc(Br)cs2)S1. The standard InChI is InChI=1S/C12H17BrN2S2/c1-8(2)3-11-6-15-12(17-11)14-5-10-4-9(13)7-16-10/h4,7-8,11H,3,5-6H2,1-2H3,(H,14,15). The van der Waals surface area contributed by atoms with Gasteiger partial charge in [0, 0.05) is 20.0 Å². The van der Waals surface area contributed by atoms with E-state index in [9.17, 15) is 0 Å². The van der Waals surface area contributed by atoms with Crippen molar-refractivity contribution in [2.45, 2.75) is 32.1 Å². The van der Waals surface area contributed by atoms with Gasteiger partial charge in [-0.3, -0.25) is 4.99 Å². The van der Waals surface area contributed by atoms with Gasteiger partial charge in [-0.05, 0) is 34.3 Å². The van der Waals surface area contributed by atoms with E-state index < -0.39 is 0 Å². The van der Waals surface area contributed by atoms with Crippen LogP contribution < -0.4 is 5.32 Å². The third-order valence-electron chi connectivity index (χ3n) is 2.49. The van der Waals surface area contributed by atoms with Gasteiger partial charge in [0.1, 0.15) is 0 Å². The molecule has 2 rings (SSSR count). The predicted molar refractivity (Wildman–Crippen MR) is 82.0 cm³/mol. The lowest BCUT2D eigenvalue weighted by Crippen LogP contribution is -2.18. The summed E-state index contributed by atoms with van der Waals surface area (Å²) in [4.78, 5) is 5.89. The minimum atomic E-state index is 0.674. The molecule has 1 aliphatic heterocycles. The van der Waals surface area contributed by atoms with Crippen LogP contribution in [-0.4, -0.2) is 17.0 Å². The van der Waals surface area contributed by atoms with Gasteiger partial charge >= 0.3 is 0 Å². The molecule has 2 nitrogen and oxygen atoms in total. The van der Waals surface area contributed by atoms with Gasteiger partial charge < -0.3 is 5.32 Å². The molecule has 0 fully saturated rings. The summed E-state index contributed by atoms with van der Waals surface area (Å²) in [6, 6.07) is 2.16. The Morgan fingerprint density at radius 3 is 3.06 bits per heavy atom.